The Kier molecular flexibility index (Phi) is 27.3. The van der Waals surface area contributed by atoms with Crippen LogP contribution in [0.1, 0.15) is 141 Å². The quantitative estimate of drug-likeness (QED) is 0.0116. The number of ether oxygens (including phenoxy) is 3. The van der Waals surface area contributed by atoms with Crippen LogP contribution in [-0.2, 0) is 40.2 Å². The smallest absolute Gasteiger partial charge is 0.254 e. The first-order valence-electron chi connectivity index (χ1n) is 37.0. The third-order valence-electron chi connectivity index (χ3n) is 20.8. The van der Waals surface area contributed by atoms with E-state index in [9.17, 15) is 33.6 Å². The molecule has 2 aromatic heterocycles. The SMILES string of the molecule is C/C=C\C(=O)N(C=O)CC(=O)NCCCCCNC(=O)C1(C(=O)NC(CCCCN(C)C)C(=O)Nc2ccc(COc3ccccc3C3=CC(N4CC5CCC(C4)N5c4ccnc(OCCN5CCN(CCOc6cc(C(C(=O)N7CCCC7C)C(C)C)on6)CC5C)c4)=C(N)NN3)cc2)CCC1. The molecule has 6 aliphatic rings. The summed E-state index contributed by atoms with van der Waals surface area (Å²) in [6, 6.07) is 21.4. The standard InChI is InChI=1S/C76H108N16O11/c1-8-18-69(95)90(51-93)49-66(94)78-32-13-9-14-33-80-74(98)76(30-17-31-76)75(99)82-61(21-12-15-35-86(6)7)72(96)81-56-25-23-55(24-26-56)50-102-64-22-11-10-20-60(64)62-44-63(71(77)84-83-62)89-47-58-27-28-59(48-89)92(58)57-29-34-79-67(43-57)100-42-40-88-38-37-87(46-54(88)5)39-41-101-68-45-65(103-85-68)70(52(2)3)73(97)91-36-16-19-53(91)4/h8,10-11,18,20,22-26,29,34,43-45,51-54,58-59,61,70,83-84H,9,12-17,19,21,27-28,30-33,35-42,46-50,77H2,1-7H3,(H,78,94)(H,80,98)(H,81,96)(H,82,99)/b18-8-. The van der Waals surface area contributed by atoms with Gasteiger partial charge in [0, 0.05) is 125 Å². The molecule has 4 saturated heterocycles. The molecule has 6 unspecified atom stereocenters. The van der Waals surface area contributed by atoms with Crippen LogP contribution < -0.4 is 57.0 Å². The molecule has 7 amide bonds. The Hall–Kier alpha value is -9.21. The molecule has 0 radical (unpaired) electrons. The van der Waals surface area contributed by atoms with Crippen LogP contribution in [0, 0.1) is 11.3 Å². The molecule has 27 nitrogen and oxygen atoms in total. The number of piperazine rings is 2. The first-order valence-corrected chi connectivity index (χ1v) is 37.0. The third kappa shape index (κ3) is 20.2. The highest BCUT2D eigenvalue weighted by Gasteiger charge is 2.51. The summed E-state index contributed by atoms with van der Waals surface area (Å²) in [4.78, 5) is 110. The molecule has 0 spiro atoms. The van der Waals surface area contributed by atoms with E-state index in [1.165, 1.54) is 12.2 Å². The van der Waals surface area contributed by atoms with Crippen molar-refractivity contribution in [1.82, 2.24) is 66.3 Å². The lowest BCUT2D eigenvalue weighted by molar-refractivity contribution is -0.151. The van der Waals surface area contributed by atoms with Crippen molar-refractivity contribution in [2.45, 2.75) is 161 Å². The summed E-state index contributed by atoms with van der Waals surface area (Å²) in [5.41, 5.74) is 17.1. The van der Waals surface area contributed by atoms with Crippen molar-refractivity contribution in [2.24, 2.45) is 17.1 Å². The minimum absolute atomic E-state index is 0.0725. The molecule has 27 heteroatoms. The number of pyridine rings is 1. The third-order valence-corrected chi connectivity index (χ3v) is 20.8. The molecule has 103 heavy (non-hydrogen) atoms. The number of rotatable bonds is 37. The second-order valence-corrected chi connectivity index (χ2v) is 28.8. The summed E-state index contributed by atoms with van der Waals surface area (Å²) in [7, 11) is 3.98. The number of hydrazine groups is 1. The molecule has 1 aliphatic carbocycles. The number of hydrogen-bond acceptors (Lipinski definition) is 21. The molecule has 10 rings (SSSR count). The highest BCUT2D eigenvalue weighted by Crippen LogP contribution is 2.42. The van der Waals surface area contributed by atoms with Crippen LogP contribution in [0.3, 0.4) is 0 Å². The predicted octanol–water partition coefficient (Wildman–Crippen LogP) is 6.08. The number of benzene rings is 2. The number of nitrogens with two attached hydrogens (primary N) is 1. The van der Waals surface area contributed by atoms with E-state index in [1.807, 2.05) is 87.6 Å². The van der Waals surface area contributed by atoms with Crippen LogP contribution in [0.2, 0.25) is 0 Å². The Balaban J connectivity index is 0.660. The molecular weight excluding hydrogens is 1310 g/mol. The molecular formula is C76H108N16O11. The maximum Gasteiger partial charge on any atom is 0.254 e. The molecule has 5 aliphatic heterocycles. The number of allylic oxidation sites excluding steroid dienone is 2. The molecule has 1 saturated carbocycles. The molecule has 2 aromatic carbocycles. The van der Waals surface area contributed by atoms with Gasteiger partial charge in [0.2, 0.25) is 41.8 Å². The summed E-state index contributed by atoms with van der Waals surface area (Å²) < 4.78 is 24.7. The number of nitrogens with zero attached hydrogens (tertiary/aromatic N) is 9. The second-order valence-electron chi connectivity index (χ2n) is 28.8. The number of amides is 7. The van der Waals surface area contributed by atoms with Gasteiger partial charge in [-0.05, 0) is 178 Å². The maximum atomic E-state index is 14.1. The largest absolute Gasteiger partial charge is 0.488 e. The van der Waals surface area contributed by atoms with Gasteiger partial charge in [0.1, 0.15) is 55.3 Å². The van der Waals surface area contributed by atoms with E-state index in [1.54, 1.807) is 13.0 Å². The van der Waals surface area contributed by atoms with E-state index in [4.69, 9.17) is 24.5 Å². The molecule has 5 fully saturated rings. The zero-order valence-corrected chi connectivity index (χ0v) is 61.2. The Bertz CT molecular complexity index is 3620. The highest BCUT2D eigenvalue weighted by molar-refractivity contribution is 6.08. The van der Waals surface area contributed by atoms with E-state index in [-0.39, 0.29) is 60.8 Å². The van der Waals surface area contributed by atoms with Crippen LogP contribution in [0.25, 0.3) is 5.70 Å². The first-order chi connectivity index (χ1) is 49.8. The summed E-state index contributed by atoms with van der Waals surface area (Å²) in [6.45, 7) is 19.1. The zero-order valence-electron chi connectivity index (χ0n) is 61.2. The minimum atomic E-state index is -1.28. The Labute approximate surface area is 606 Å². The van der Waals surface area contributed by atoms with Gasteiger partial charge in [-0.15, -0.1) is 0 Å². The number of imide groups is 1. The van der Waals surface area contributed by atoms with Gasteiger partial charge in [-0.25, -0.2) is 4.98 Å². The predicted molar refractivity (Wildman–Crippen MR) is 392 cm³/mol. The fraction of sp³-hybridized carbons (Fsp3) is 0.566. The Morgan fingerprint density at radius 3 is 2.25 bits per heavy atom. The number of nitrogens with one attached hydrogen (secondary N) is 6. The zero-order chi connectivity index (χ0) is 73.0. The number of unbranched alkanes of at least 4 members (excludes halogenated alkanes) is 3. The van der Waals surface area contributed by atoms with Gasteiger partial charge in [0.25, 0.3) is 11.8 Å². The summed E-state index contributed by atoms with van der Waals surface area (Å²) in [6.07, 6.45) is 16.3. The van der Waals surface area contributed by atoms with E-state index < -0.39 is 29.2 Å². The Morgan fingerprint density at radius 2 is 1.55 bits per heavy atom. The lowest BCUT2D eigenvalue weighted by Gasteiger charge is -2.44. The number of aromatic nitrogens is 2. The number of carbonyl (C=O) groups excluding carboxylic acids is 7. The van der Waals surface area contributed by atoms with E-state index in [2.05, 4.69) is 98.8 Å². The number of carbonyl (C=O) groups is 7. The second kappa shape index (κ2) is 36.8. The van der Waals surface area contributed by atoms with Gasteiger partial charge in [-0.1, -0.05) is 50.6 Å². The number of para-hydroxylation sites is 1. The summed E-state index contributed by atoms with van der Waals surface area (Å²) in [5, 5.41) is 15.8. The lowest BCUT2D eigenvalue weighted by atomic mass is 9.67. The lowest BCUT2D eigenvalue weighted by Crippen LogP contribution is -2.58. The summed E-state index contributed by atoms with van der Waals surface area (Å²) >= 11 is 0. The van der Waals surface area contributed by atoms with Gasteiger partial charge in [-0.3, -0.25) is 59.1 Å². The fourth-order valence-corrected chi connectivity index (χ4v) is 14.8. The van der Waals surface area contributed by atoms with Crippen molar-refractivity contribution in [3.05, 3.63) is 120 Å². The molecule has 4 aromatic rings. The van der Waals surface area contributed by atoms with Crippen molar-refractivity contribution in [2.75, 3.05) is 116 Å². The fourth-order valence-electron chi connectivity index (χ4n) is 14.8. The minimum Gasteiger partial charge on any atom is -0.488 e. The van der Waals surface area contributed by atoms with Crippen molar-refractivity contribution >= 4 is 58.9 Å². The summed E-state index contributed by atoms with van der Waals surface area (Å²) in [5.74, 6) is 0.376. The monoisotopic (exact) mass is 1420 g/mol. The van der Waals surface area contributed by atoms with Crippen LogP contribution in [0.15, 0.2) is 107 Å². The van der Waals surface area contributed by atoms with Crippen LogP contribution in [0.4, 0.5) is 11.4 Å². The van der Waals surface area contributed by atoms with Crippen LogP contribution >= 0.6 is 0 Å². The molecule has 558 valence electrons. The molecule has 8 N–H and O–H groups in total. The number of fused-ring (bicyclic) bond motifs is 2. The van der Waals surface area contributed by atoms with Gasteiger partial charge in [0.05, 0.1) is 11.4 Å². The van der Waals surface area contributed by atoms with Crippen molar-refractivity contribution in [3.8, 4) is 17.5 Å². The molecule has 7 heterocycles. The molecule has 2 bridgehead atoms. The van der Waals surface area contributed by atoms with Gasteiger partial charge in [-0.2, -0.15) is 0 Å². The Morgan fingerprint density at radius 1 is 0.806 bits per heavy atom. The highest BCUT2D eigenvalue weighted by atomic mass is 16.5. The number of hydrogen-bond donors (Lipinski definition) is 7. The average Bonchev–Trinajstić information content (AvgIpc) is 1.52. The van der Waals surface area contributed by atoms with Crippen LogP contribution in [0.5, 0.6) is 17.5 Å². The van der Waals surface area contributed by atoms with Gasteiger partial charge >= 0.3 is 0 Å². The van der Waals surface area contributed by atoms with Gasteiger partial charge in [0.15, 0.2) is 5.76 Å². The maximum absolute atomic E-state index is 14.1. The average molecular weight is 1420 g/mol. The van der Waals surface area contributed by atoms with E-state index in [0.717, 1.165) is 124 Å². The van der Waals surface area contributed by atoms with E-state index >= 15 is 0 Å². The van der Waals surface area contributed by atoms with E-state index in [0.29, 0.717) is 125 Å². The van der Waals surface area contributed by atoms with Crippen molar-refractivity contribution in [3.63, 3.8) is 0 Å². The number of anilines is 2. The molecule has 6 atom stereocenters. The van der Waals surface area contributed by atoms with Crippen LogP contribution in [-0.4, -0.2) is 217 Å². The number of likely N-dealkylation sites (tertiary alicyclic amines) is 2. The topological polar surface area (TPSA) is 307 Å². The van der Waals surface area contributed by atoms with Crippen molar-refractivity contribution < 1.29 is 52.3 Å². The van der Waals surface area contributed by atoms with Crippen molar-refractivity contribution in [1.29, 1.82) is 0 Å². The first kappa shape index (κ1) is 76.4. The normalized spacial score (nSPS) is 20.2. The van der Waals surface area contributed by atoms with Gasteiger partial charge < -0.3 is 65.3 Å².